The molecule has 1 saturated heterocycles. The summed E-state index contributed by atoms with van der Waals surface area (Å²) in [6.07, 6.45) is 2.43. The second kappa shape index (κ2) is 12.2. The van der Waals surface area contributed by atoms with E-state index in [0.717, 1.165) is 35.7 Å². The molecule has 1 amide bonds. The van der Waals surface area contributed by atoms with Crippen LogP contribution in [0.2, 0.25) is 0 Å². The van der Waals surface area contributed by atoms with E-state index in [0.29, 0.717) is 25.4 Å². The number of halogens is 1. The van der Waals surface area contributed by atoms with Crippen LogP contribution < -0.4 is 23.8 Å². The second-order valence-corrected chi connectivity index (χ2v) is 13.4. The predicted octanol–water partition coefficient (Wildman–Crippen LogP) is 3.61. The summed E-state index contributed by atoms with van der Waals surface area (Å²) in [6, 6.07) is 12.9. The van der Waals surface area contributed by atoms with Gasteiger partial charge in [-0.2, -0.15) is 4.31 Å². The van der Waals surface area contributed by atoms with Crippen molar-refractivity contribution >= 4 is 37.3 Å². The normalized spacial score (nSPS) is 15.6. The number of carbonyl (C=O) groups excluding carboxylic acids is 1. The highest BCUT2D eigenvalue weighted by atomic mass is 32.2. The number of fused-ring (bicyclic) bond motifs is 1. The Morgan fingerprint density at radius 2 is 1.62 bits per heavy atom. The lowest BCUT2D eigenvalue weighted by atomic mass is 10.2. The summed E-state index contributed by atoms with van der Waals surface area (Å²) in [5, 5.41) is 2.59. The number of sulfonamides is 2. The molecular weight excluding hydrogens is 589 g/mol. The van der Waals surface area contributed by atoms with Crippen LogP contribution in [-0.4, -0.2) is 67.0 Å². The van der Waals surface area contributed by atoms with Crippen molar-refractivity contribution in [2.45, 2.75) is 29.1 Å². The summed E-state index contributed by atoms with van der Waals surface area (Å²) in [5.74, 6) is -0.590. The lowest BCUT2D eigenvalue weighted by Crippen LogP contribution is -2.38. The van der Waals surface area contributed by atoms with E-state index >= 15 is 0 Å². The molecule has 2 aliphatic heterocycles. The molecule has 3 aromatic carbocycles. The molecule has 14 heteroatoms. The van der Waals surface area contributed by atoms with Crippen molar-refractivity contribution in [3.05, 3.63) is 66.5 Å². The largest absolute Gasteiger partial charge is 0.495 e. The zero-order valence-electron chi connectivity index (χ0n) is 22.8. The van der Waals surface area contributed by atoms with Gasteiger partial charge in [0.15, 0.2) is 11.5 Å². The van der Waals surface area contributed by atoms with Crippen molar-refractivity contribution in [1.82, 2.24) is 4.31 Å². The van der Waals surface area contributed by atoms with Crippen molar-refractivity contribution in [2.75, 3.05) is 49.6 Å². The van der Waals surface area contributed by atoms with Gasteiger partial charge in [0.05, 0.1) is 17.7 Å². The number of anilines is 2. The van der Waals surface area contributed by atoms with Gasteiger partial charge in [-0.05, 0) is 67.4 Å². The molecule has 42 heavy (non-hydrogen) atoms. The van der Waals surface area contributed by atoms with E-state index in [4.69, 9.17) is 14.2 Å². The number of methoxy groups -OCH3 is 1. The van der Waals surface area contributed by atoms with E-state index in [1.165, 1.54) is 59.9 Å². The van der Waals surface area contributed by atoms with Crippen molar-refractivity contribution < 1.29 is 40.2 Å². The molecule has 0 spiro atoms. The van der Waals surface area contributed by atoms with Crippen LogP contribution in [0.5, 0.6) is 17.2 Å². The second-order valence-electron chi connectivity index (χ2n) is 9.67. The zero-order chi connectivity index (χ0) is 29.9. The van der Waals surface area contributed by atoms with Crippen molar-refractivity contribution in [3.63, 3.8) is 0 Å². The fourth-order valence-corrected chi connectivity index (χ4v) is 7.90. The molecule has 0 saturated carbocycles. The van der Waals surface area contributed by atoms with Crippen LogP contribution in [0.25, 0.3) is 0 Å². The Morgan fingerprint density at radius 1 is 0.929 bits per heavy atom. The third kappa shape index (κ3) is 6.15. The minimum Gasteiger partial charge on any atom is -0.495 e. The summed E-state index contributed by atoms with van der Waals surface area (Å²) < 4.78 is 86.6. The van der Waals surface area contributed by atoms with Gasteiger partial charge in [-0.1, -0.05) is 6.42 Å². The Balaban J connectivity index is 1.44. The first-order chi connectivity index (χ1) is 20.1. The maximum atomic E-state index is 13.8. The number of hydrogen-bond donors (Lipinski definition) is 1. The van der Waals surface area contributed by atoms with Gasteiger partial charge >= 0.3 is 0 Å². The van der Waals surface area contributed by atoms with Crippen LogP contribution >= 0.6 is 0 Å². The number of piperidine rings is 1. The lowest BCUT2D eigenvalue weighted by Gasteiger charge is -2.27. The predicted molar refractivity (Wildman–Crippen MR) is 153 cm³/mol. The van der Waals surface area contributed by atoms with Crippen LogP contribution in [0.4, 0.5) is 15.8 Å². The van der Waals surface area contributed by atoms with Crippen LogP contribution in [0.3, 0.4) is 0 Å². The Morgan fingerprint density at radius 3 is 2.31 bits per heavy atom. The fourth-order valence-electron chi connectivity index (χ4n) is 4.77. The smallest absolute Gasteiger partial charge is 0.264 e. The first-order valence-corrected chi connectivity index (χ1v) is 16.1. The number of nitrogens with one attached hydrogen (secondary N) is 1. The SMILES string of the molecule is COc1ccc(NC(=O)CN(c2ccc(F)cc2)S(=O)(=O)c2ccc3c(c2)OCCO3)cc1S(=O)(=O)N1CCCCC1. The number of hydrogen-bond acceptors (Lipinski definition) is 8. The van der Waals surface area contributed by atoms with Gasteiger partial charge in [-0.15, -0.1) is 0 Å². The summed E-state index contributed by atoms with van der Waals surface area (Å²) in [4.78, 5) is 13.0. The highest BCUT2D eigenvalue weighted by Crippen LogP contribution is 2.35. The van der Waals surface area contributed by atoms with Gasteiger partial charge in [-0.3, -0.25) is 9.10 Å². The van der Waals surface area contributed by atoms with Crippen LogP contribution in [0.1, 0.15) is 19.3 Å². The molecular formula is C28H30FN3O8S2. The quantitative estimate of drug-likeness (QED) is 0.384. The summed E-state index contributed by atoms with van der Waals surface area (Å²) in [6.45, 7) is 0.646. The van der Waals surface area contributed by atoms with Gasteiger partial charge < -0.3 is 19.5 Å². The monoisotopic (exact) mass is 619 g/mol. The van der Waals surface area contributed by atoms with E-state index in [2.05, 4.69) is 5.32 Å². The number of rotatable bonds is 9. The van der Waals surface area contributed by atoms with Crippen LogP contribution in [-0.2, 0) is 24.8 Å². The maximum absolute atomic E-state index is 13.8. The molecule has 2 aliphatic rings. The summed E-state index contributed by atoms with van der Waals surface area (Å²) >= 11 is 0. The van der Waals surface area contributed by atoms with Crippen molar-refractivity contribution in [1.29, 1.82) is 0 Å². The summed E-state index contributed by atoms with van der Waals surface area (Å²) in [7, 11) is -6.91. The van der Waals surface area contributed by atoms with Crippen LogP contribution in [0.15, 0.2) is 70.5 Å². The molecule has 0 bridgehead atoms. The first-order valence-electron chi connectivity index (χ1n) is 13.3. The molecule has 11 nitrogen and oxygen atoms in total. The van der Waals surface area contributed by atoms with Crippen molar-refractivity contribution in [3.8, 4) is 17.2 Å². The lowest BCUT2D eigenvalue weighted by molar-refractivity contribution is -0.114. The van der Waals surface area contributed by atoms with E-state index in [1.807, 2.05) is 0 Å². The molecule has 1 N–H and O–H groups in total. The van der Waals surface area contributed by atoms with Gasteiger partial charge in [0.2, 0.25) is 15.9 Å². The third-order valence-corrected chi connectivity index (χ3v) is 10.6. The molecule has 0 atom stereocenters. The number of nitrogens with zero attached hydrogens (tertiary/aromatic N) is 2. The Hall–Kier alpha value is -3.88. The topological polar surface area (TPSA) is 132 Å². The average molecular weight is 620 g/mol. The maximum Gasteiger partial charge on any atom is 0.264 e. The van der Waals surface area contributed by atoms with Gasteiger partial charge in [0, 0.05) is 24.8 Å². The Bertz CT molecular complexity index is 1680. The molecule has 2 heterocycles. The molecule has 1 fully saturated rings. The number of carbonyl (C=O) groups is 1. The van der Waals surface area contributed by atoms with E-state index in [9.17, 15) is 26.0 Å². The van der Waals surface area contributed by atoms with Crippen LogP contribution in [0, 0.1) is 5.82 Å². The molecule has 0 aromatic heterocycles. The number of ether oxygens (including phenoxy) is 3. The van der Waals surface area contributed by atoms with Gasteiger partial charge in [-0.25, -0.2) is 21.2 Å². The van der Waals surface area contributed by atoms with E-state index in [1.54, 1.807) is 0 Å². The standard InChI is InChI=1S/C28H30FN3O8S2/c1-38-25-11-7-21(17-27(25)42(36,37)31-13-3-2-4-14-31)30-28(33)19-32(22-8-5-20(29)6-9-22)41(34,35)23-10-12-24-26(18-23)40-16-15-39-24/h5-12,17-18H,2-4,13-16,19H2,1H3,(H,30,33). The Labute approximate surface area is 243 Å². The molecule has 224 valence electrons. The highest BCUT2D eigenvalue weighted by Gasteiger charge is 2.31. The zero-order valence-corrected chi connectivity index (χ0v) is 24.4. The average Bonchev–Trinajstić information content (AvgIpc) is 3.00. The first kappa shape index (κ1) is 29.6. The molecule has 0 radical (unpaired) electrons. The number of amides is 1. The summed E-state index contributed by atoms with van der Waals surface area (Å²) in [5.41, 5.74) is 0.178. The van der Waals surface area contributed by atoms with Gasteiger partial charge in [0.1, 0.15) is 36.2 Å². The number of benzene rings is 3. The molecule has 0 aliphatic carbocycles. The van der Waals surface area contributed by atoms with E-state index in [-0.39, 0.29) is 39.3 Å². The fraction of sp³-hybridized carbons (Fsp3) is 0.321. The highest BCUT2D eigenvalue weighted by molar-refractivity contribution is 7.92. The minimum atomic E-state index is -4.35. The minimum absolute atomic E-state index is 0.0459. The van der Waals surface area contributed by atoms with Gasteiger partial charge in [0.25, 0.3) is 10.0 Å². The van der Waals surface area contributed by atoms with E-state index < -0.39 is 38.3 Å². The van der Waals surface area contributed by atoms with Crippen molar-refractivity contribution in [2.24, 2.45) is 0 Å². The Kier molecular flexibility index (Phi) is 8.57. The third-order valence-electron chi connectivity index (χ3n) is 6.88. The molecule has 0 unspecified atom stereocenters. The molecule has 3 aromatic rings. The molecule has 5 rings (SSSR count).